The fraction of sp³-hybridized carbons (Fsp3) is 0.625. The summed E-state index contributed by atoms with van der Waals surface area (Å²) in [6, 6.07) is 0.715. The minimum Gasteiger partial charge on any atom is -0.462 e. The largest absolute Gasteiger partial charge is 0.549 e. The Balaban J connectivity index is 0.000000437. The molecule has 0 spiro atoms. The zero-order valence-electron chi connectivity index (χ0n) is 9.26. The highest BCUT2D eigenvalue weighted by Crippen LogP contribution is 2.43. The van der Waals surface area contributed by atoms with Gasteiger partial charge in [0.25, 0.3) is 6.48 Å². The van der Waals surface area contributed by atoms with Gasteiger partial charge in [0, 0.05) is 11.6 Å². The first-order chi connectivity index (χ1) is 8.03. The third-order valence-electron chi connectivity index (χ3n) is 2.04. The molecule has 3 rings (SSSR count). The van der Waals surface area contributed by atoms with E-state index in [0.717, 1.165) is 0 Å². The van der Waals surface area contributed by atoms with Crippen LogP contribution >= 0.6 is 0 Å². The number of rotatable bonds is 5. The van der Waals surface area contributed by atoms with Gasteiger partial charge in [-0.2, -0.15) is 0 Å². The quantitative estimate of drug-likeness (QED) is 0.306. The van der Waals surface area contributed by atoms with E-state index in [1.54, 1.807) is 6.92 Å². The van der Waals surface area contributed by atoms with Crippen LogP contribution in [0.5, 0.6) is 0 Å². The van der Waals surface area contributed by atoms with Gasteiger partial charge in [-0.1, -0.05) is 6.58 Å². The molecule has 3 aliphatic rings. The van der Waals surface area contributed by atoms with Crippen LogP contribution in [0.4, 0.5) is 0 Å². The maximum absolute atomic E-state index is 11.0. The monoisotopic (exact) mass is 276 g/mol. The summed E-state index contributed by atoms with van der Waals surface area (Å²) in [5, 5.41) is 0. The van der Waals surface area contributed by atoms with Crippen LogP contribution in [0.3, 0.4) is 0 Å². The lowest BCUT2D eigenvalue weighted by Gasteiger charge is -2.55. The molecule has 94 valence electrons. The van der Waals surface area contributed by atoms with Gasteiger partial charge in [-0.05, 0) is 13.3 Å². The topological polar surface area (TPSA) is 88.1 Å². The van der Waals surface area contributed by atoms with Crippen molar-refractivity contribution in [3.8, 4) is 0 Å². The molecule has 3 saturated heterocycles. The second-order valence-electron chi connectivity index (χ2n) is 3.43. The first-order valence-corrected chi connectivity index (χ1v) is 7.63. The molecule has 0 atom stereocenters. The van der Waals surface area contributed by atoms with Gasteiger partial charge >= 0.3 is 24.1 Å². The van der Waals surface area contributed by atoms with E-state index in [-0.39, 0.29) is 12.4 Å². The molecule has 0 aromatic rings. The summed E-state index contributed by atoms with van der Waals surface area (Å²) in [6.45, 7) is 5.07. The molecule has 3 heterocycles. The highest BCUT2D eigenvalue weighted by molar-refractivity contribution is 6.65. The highest BCUT2D eigenvalue weighted by Gasteiger charge is 2.68. The van der Waals surface area contributed by atoms with Gasteiger partial charge in [-0.15, -0.1) is 0 Å². The van der Waals surface area contributed by atoms with Gasteiger partial charge in [-0.25, -0.2) is 4.79 Å². The second-order valence-corrected chi connectivity index (χ2v) is 6.17. The summed E-state index contributed by atoms with van der Waals surface area (Å²) < 4.78 is 37.3. The average molecular weight is 276 g/mol. The molecule has 17 heavy (non-hydrogen) atoms. The smallest absolute Gasteiger partial charge is 0.462 e. The van der Waals surface area contributed by atoms with E-state index < -0.39 is 18.1 Å². The van der Waals surface area contributed by atoms with Crippen molar-refractivity contribution in [2.24, 2.45) is 0 Å². The van der Waals surface area contributed by atoms with E-state index in [9.17, 15) is 4.79 Å². The van der Waals surface area contributed by atoms with Crippen LogP contribution in [0.15, 0.2) is 12.2 Å². The van der Waals surface area contributed by atoms with Crippen molar-refractivity contribution in [2.45, 2.75) is 25.9 Å². The molecule has 0 unspecified atom stereocenters. The fourth-order valence-corrected chi connectivity index (χ4v) is 3.08. The fourth-order valence-electron chi connectivity index (χ4n) is 1.22. The number of hydrogen-bond donors (Lipinski definition) is 0. The Morgan fingerprint density at radius 2 is 1.94 bits per heavy atom. The molecule has 3 aliphatic heterocycles. The summed E-state index contributed by atoms with van der Waals surface area (Å²) >= 11 is 0. The van der Waals surface area contributed by atoms with Crippen molar-refractivity contribution in [3.05, 3.63) is 12.2 Å². The van der Waals surface area contributed by atoms with E-state index >= 15 is 0 Å². The molecular weight excluding hydrogens is 264 g/mol. The third kappa shape index (κ3) is 3.82. The molecule has 3 fully saturated rings. The number of carbonyl (C=O) groups excluding carboxylic acids is 1. The van der Waals surface area contributed by atoms with E-state index in [4.69, 9.17) is 26.9 Å². The number of hydrogen-bond acceptors (Lipinski definition) is 7. The van der Waals surface area contributed by atoms with E-state index in [1.165, 1.54) is 0 Å². The number of esters is 1. The van der Waals surface area contributed by atoms with Gasteiger partial charge in [0.15, 0.2) is 0 Å². The van der Waals surface area contributed by atoms with Gasteiger partial charge in [0.1, 0.15) is 0 Å². The number of carbonyl (C=O) groups is 1. The molecule has 0 saturated carbocycles. The minimum absolute atomic E-state index is 0.355. The van der Waals surface area contributed by atoms with E-state index in [2.05, 4.69) is 6.58 Å². The molecule has 7 nitrogen and oxygen atoms in total. The van der Waals surface area contributed by atoms with Crippen LogP contribution < -0.4 is 0 Å². The lowest BCUT2D eigenvalue weighted by molar-refractivity contribution is -0.393. The van der Waals surface area contributed by atoms with E-state index in [0.29, 0.717) is 24.6 Å². The molecular formula is C8H12O7Si2. The van der Waals surface area contributed by atoms with Crippen molar-refractivity contribution in [1.82, 2.24) is 0 Å². The molecule has 0 aromatic carbocycles. The third-order valence-corrected chi connectivity index (χ3v) is 4.66. The Hall–Kier alpha value is -0.876. The van der Waals surface area contributed by atoms with Gasteiger partial charge in [0.2, 0.25) is 0 Å². The predicted molar refractivity (Wildman–Crippen MR) is 55.1 cm³/mol. The van der Waals surface area contributed by atoms with Gasteiger partial charge in [0.05, 0.1) is 6.61 Å². The molecule has 0 amide bonds. The van der Waals surface area contributed by atoms with Crippen LogP contribution in [0.2, 0.25) is 6.04 Å². The van der Waals surface area contributed by atoms with Crippen molar-refractivity contribution in [2.75, 3.05) is 6.61 Å². The Morgan fingerprint density at radius 1 is 1.41 bits per heavy atom. The summed E-state index contributed by atoms with van der Waals surface area (Å²) in [4.78, 5) is 11.0. The van der Waals surface area contributed by atoms with Crippen molar-refractivity contribution in [1.29, 1.82) is 0 Å². The Bertz CT molecular complexity index is 333. The zero-order valence-corrected chi connectivity index (χ0v) is 11.3. The molecule has 9 heteroatoms. The highest BCUT2D eigenvalue weighted by atomic mass is 28.4. The SMILES string of the molecule is C=C(C)C(=O)OCCC[Si]12OC(O1)O2.O=[Si]=O. The van der Waals surface area contributed by atoms with Gasteiger partial charge < -0.3 is 18.0 Å². The first-order valence-electron chi connectivity index (χ1n) is 4.88. The Labute approximate surface area is 101 Å². The summed E-state index contributed by atoms with van der Waals surface area (Å²) in [7, 11) is -3.58. The Morgan fingerprint density at radius 3 is 2.29 bits per heavy atom. The predicted octanol–water partition coefficient (Wildman–Crippen LogP) is 0.177. The Kier molecular flexibility index (Phi) is 5.14. The standard InChI is InChI=1S/C8H12O5Si.O2Si/c1-6(2)7(9)10-4-3-5-14-11-8(12-14)13-14;1-3-2/h8H,1,3-5H2,2H3;. The molecule has 0 radical (unpaired) electrons. The van der Waals surface area contributed by atoms with Crippen LogP contribution in [-0.4, -0.2) is 37.1 Å². The second kappa shape index (κ2) is 6.16. The molecule has 0 aliphatic carbocycles. The maximum atomic E-state index is 11.0. The van der Waals surface area contributed by atoms with Crippen LogP contribution in [0.1, 0.15) is 13.3 Å². The molecule has 0 N–H and O–H groups in total. The summed E-state index contributed by atoms with van der Waals surface area (Å²) in [5.41, 5.74) is 0.413. The summed E-state index contributed by atoms with van der Waals surface area (Å²) in [6.07, 6.45) is 0.706. The zero-order chi connectivity index (χ0) is 12.9. The average Bonchev–Trinajstić information content (AvgIpc) is 2.13. The van der Waals surface area contributed by atoms with Crippen molar-refractivity contribution >= 4 is 24.1 Å². The van der Waals surface area contributed by atoms with Gasteiger partial charge in [-0.3, -0.25) is 8.92 Å². The van der Waals surface area contributed by atoms with E-state index in [1.807, 2.05) is 0 Å². The van der Waals surface area contributed by atoms with Crippen molar-refractivity contribution in [3.63, 3.8) is 0 Å². The minimum atomic E-state index is -2.17. The maximum Gasteiger partial charge on any atom is 0.549 e. The normalized spacial score (nSPS) is 27.5. The molecule has 0 aromatic heterocycles. The summed E-state index contributed by atoms with van der Waals surface area (Å²) in [5.74, 6) is -0.355. The van der Waals surface area contributed by atoms with Crippen LogP contribution in [-0.2, 0) is 31.7 Å². The first kappa shape index (κ1) is 14.2. The molecule has 2 bridgehead atoms. The number of ether oxygens (including phenoxy) is 1. The van der Waals surface area contributed by atoms with Crippen LogP contribution in [0, 0.1) is 0 Å². The lowest BCUT2D eigenvalue weighted by Crippen LogP contribution is -2.75. The van der Waals surface area contributed by atoms with Crippen molar-refractivity contribution < 1.29 is 31.7 Å². The van der Waals surface area contributed by atoms with Crippen LogP contribution in [0.25, 0.3) is 0 Å². The lowest BCUT2D eigenvalue weighted by atomic mass is 10.4.